The van der Waals surface area contributed by atoms with Crippen LogP contribution in [-0.2, 0) is 17.9 Å². The molecule has 0 amide bonds. The first-order valence-corrected chi connectivity index (χ1v) is 9.73. The standard InChI is InChI=1S/C22H22N6O/c1-15-12-27(13-19-25-26-20(14-29-2)28(15)19)22-17-10-6-7-11-18(17)23-21(24-22)16-8-4-3-5-9-16/h3-11,15H,12-14H2,1-2H3/t15-/m0/s1. The van der Waals surface area contributed by atoms with E-state index in [0.29, 0.717) is 13.2 Å². The Kier molecular flexibility index (Phi) is 4.44. The number of hydrogen-bond acceptors (Lipinski definition) is 6. The van der Waals surface area contributed by atoms with Crippen LogP contribution in [0.15, 0.2) is 54.6 Å². The average Bonchev–Trinajstić information content (AvgIpc) is 3.17. The first kappa shape index (κ1) is 17.8. The molecule has 29 heavy (non-hydrogen) atoms. The summed E-state index contributed by atoms with van der Waals surface area (Å²) in [5.41, 5.74) is 1.95. The van der Waals surface area contributed by atoms with Crippen LogP contribution in [0.25, 0.3) is 22.3 Å². The van der Waals surface area contributed by atoms with Gasteiger partial charge in [0.2, 0.25) is 0 Å². The predicted molar refractivity (Wildman–Crippen MR) is 111 cm³/mol. The molecule has 7 nitrogen and oxygen atoms in total. The van der Waals surface area contributed by atoms with Crippen molar-refractivity contribution < 1.29 is 4.74 Å². The number of benzene rings is 2. The van der Waals surface area contributed by atoms with E-state index in [1.807, 2.05) is 48.5 Å². The monoisotopic (exact) mass is 386 g/mol. The van der Waals surface area contributed by atoms with Gasteiger partial charge in [0.1, 0.15) is 12.4 Å². The number of fused-ring (bicyclic) bond motifs is 2. The lowest BCUT2D eigenvalue weighted by molar-refractivity contribution is 0.171. The lowest BCUT2D eigenvalue weighted by Crippen LogP contribution is -2.37. The van der Waals surface area contributed by atoms with Crippen LogP contribution in [0.5, 0.6) is 0 Å². The Morgan fingerprint density at radius 3 is 2.62 bits per heavy atom. The van der Waals surface area contributed by atoms with Crippen LogP contribution >= 0.6 is 0 Å². The molecule has 0 bridgehead atoms. The molecule has 4 aromatic rings. The van der Waals surface area contributed by atoms with Crippen LogP contribution < -0.4 is 4.90 Å². The highest BCUT2D eigenvalue weighted by atomic mass is 16.5. The maximum absolute atomic E-state index is 5.28. The zero-order valence-electron chi connectivity index (χ0n) is 16.5. The Hall–Kier alpha value is -3.32. The largest absolute Gasteiger partial charge is 0.377 e. The maximum Gasteiger partial charge on any atom is 0.162 e. The number of nitrogens with zero attached hydrogens (tertiary/aromatic N) is 6. The van der Waals surface area contributed by atoms with E-state index >= 15 is 0 Å². The summed E-state index contributed by atoms with van der Waals surface area (Å²) in [5.74, 6) is 3.47. The van der Waals surface area contributed by atoms with E-state index in [0.717, 1.165) is 46.3 Å². The molecule has 3 heterocycles. The second-order valence-electron chi connectivity index (χ2n) is 7.32. The number of rotatable bonds is 4. The minimum absolute atomic E-state index is 0.216. The number of para-hydroxylation sites is 1. The van der Waals surface area contributed by atoms with Crippen molar-refractivity contribution in [2.45, 2.75) is 26.1 Å². The predicted octanol–water partition coefficient (Wildman–Crippen LogP) is 3.62. The molecular weight excluding hydrogens is 364 g/mol. The molecule has 0 saturated carbocycles. The van der Waals surface area contributed by atoms with E-state index < -0.39 is 0 Å². The molecule has 146 valence electrons. The third-order valence-electron chi connectivity index (χ3n) is 5.28. The van der Waals surface area contributed by atoms with E-state index in [-0.39, 0.29) is 6.04 Å². The molecule has 1 aliphatic heterocycles. The van der Waals surface area contributed by atoms with Crippen molar-refractivity contribution in [2.75, 3.05) is 18.6 Å². The number of anilines is 1. The number of ether oxygens (including phenoxy) is 1. The van der Waals surface area contributed by atoms with Gasteiger partial charge in [0.05, 0.1) is 18.1 Å². The van der Waals surface area contributed by atoms with Crippen molar-refractivity contribution in [3.8, 4) is 11.4 Å². The molecular formula is C22H22N6O. The molecule has 0 N–H and O–H groups in total. The highest BCUT2D eigenvalue weighted by Crippen LogP contribution is 2.32. The molecule has 0 radical (unpaired) electrons. The fourth-order valence-electron chi connectivity index (χ4n) is 4.02. The molecule has 0 spiro atoms. The SMILES string of the molecule is COCc1nnc2n1[C@@H](C)CN(c1nc(-c3ccccc3)nc3ccccc13)C2. The maximum atomic E-state index is 5.28. The van der Waals surface area contributed by atoms with Gasteiger partial charge in [-0.25, -0.2) is 9.97 Å². The van der Waals surface area contributed by atoms with Gasteiger partial charge in [-0.1, -0.05) is 42.5 Å². The Morgan fingerprint density at radius 2 is 1.79 bits per heavy atom. The van der Waals surface area contributed by atoms with Crippen molar-refractivity contribution >= 4 is 16.7 Å². The second-order valence-corrected chi connectivity index (χ2v) is 7.32. The average molecular weight is 386 g/mol. The molecule has 0 saturated heterocycles. The van der Waals surface area contributed by atoms with Gasteiger partial charge in [0, 0.05) is 24.6 Å². The van der Waals surface area contributed by atoms with Gasteiger partial charge < -0.3 is 14.2 Å². The summed E-state index contributed by atoms with van der Waals surface area (Å²) in [6.07, 6.45) is 0. The summed E-state index contributed by atoms with van der Waals surface area (Å²) < 4.78 is 7.46. The van der Waals surface area contributed by atoms with Crippen molar-refractivity contribution in [3.05, 3.63) is 66.2 Å². The van der Waals surface area contributed by atoms with Gasteiger partial charge in [0.25, 0.3) is 0 Å². The molecule has 1 aliphatic rings. The number of hydrogen-bond donors (Lipinski definition) is 0. The lowest BCUT2D eigenvalue weighted by atomic mass is 10.1. The summed E-state index contributed by atoms with van der Waals surface area (Å²) in [7, 11) is 1.68. The summed E-state index contributed by atoms with van der Waals surface area (Å²) in [5, 5.41) is 9.78. The number of aromatic nitrogens is 5. The van der Waals surface area contributed by atoms with Crippen LogP contribution in [0.4, 0.5) is 5.82 Å². The molecule has 1 atom stereocenters. The molecule has 0 fully saturated rings. The fourth-order valence-corrected chi connectivity index (χ4v) is 4.02. The fraction of sp³-hybridized carbons (Fsp3) is 0.273. The van der Waals surface area contributed by atoms with Crippen molar-refractivity contribution in [2.24, 2.45) is 0 Å². The van der Waals surface area contributed by atoms with Crippen LogP contribution in [0.2, 0.25) is 0 Å². The Morgan fingerprint density at radius 1 is 1.00 bits per heavy atom. The van der Waals surface area contributed by atoms with Crippen molar-refractivity contribution in [1.29, 1.82) is 0 Å². The molecule has 0 unspecified atom stereocenters. The van der Waals surface area contributed by atoms with Gasteiger partial charge in [0.15, 0.2) is 17.5 Å². The van der Waals surface area contributed by atoms with Gasteiger partial charge in [-0.3, -0.25) is 0 Å². The lowest BCUT2D eigenvalue weighted by Gasteiger charge is -2.34. The second kappa shape index (κ2) is 7.25. The molecule has 5 rings (SSSR count). The summed E-state index contributed by atoms with van der Waals surface area (Å²) in [6, 6.07) is 18.5. The minimum Gasteiger partial charge on any atom is -0.377 e. The summed E-state index contributed by atoms with van der Waals surface area (Å²) in [6.45, 7) is 4.11. The van der Waals surface area contributed by atoms with Crippen LogP contribution in [0, 0.1) is 0 Å². The Labute approximate surface area is 169 Å². The highest BCUT2D eigenvalue weighted by molar-refractivity contribution is 5.91. The smallest absolute Gasteiger partial charge is 0.162 e. The zero-order chi connectivity index (χ0) is 19.8. The van der Waals surface area contributed by atoms with E-state index in [2.05, 4.69) is 32.7 Å². The van der Waals surface area contributed by atoms with Gasteiger partial charge >= 0.3 is 0 Å². The van der Waals surface area contributed by atoms with Crippen LogP contribution in [0.1, 0.15) is 24.6 Å². The quantitative estimate of drug-likeness (QED) is 0.534. The van der Waals surface area contributed by atoms with Crippen molar-refractivity contribution in [1.82, 2.24) is 24.7 Å². The van der Waals surface area contributed by atoms with E-state index in [1.165, 1.54) is 0 Å². The first-order valence-electron chi connectivity index (χ1n) is 9.73. The van der Waals surface area contributed by atoms with Gasteiger partial charge in [-0.15, -0.1) is 10.2 Å². The topological polar surface area (TPSA) is 69.0 Å². The molecule has 7 heteroatoms. The van der Waals surface area contributed by atoms with Crippen LogP contribution in [-0.4, -0.2) is 38.4 Å². The number of methoxy groups -OCH3 is 1. The minimum atomic E-state index is 0.216. The third kappa shape index (κ3) is 3.13. The third-order valence-corrected chi connectivity index (χ3v) is 5.28. The summed E-state index contributed by atoms with van der Waals surface area (Å²) in [4.78, 5) is 12.1. The summed E-state index contributed by atoms with van der Waals surface area (Å²) >= 11 is 0. The van der Waals surface area contributed by atoms with E-state index in [4.69, 9.17) is 14.7 Å². The zero-order valence-corrected chi connectivity index (χ0v) is 16.5. The molecule has 0 aliphatic carbocycles. The highest BCUT2D eigenvalue weighted by Gasteiger charge is 2.28. The van der Waals surface area contributed by atoms with E-state index in [1.54, 1.807) is 7.11 Å². The molecule has 2 aromatic carbocycles. The van der Waals surface area contributed by atoms with Crippen LogP contribution in [0.3, 0.4) is 0 Å². The molecule has 2 aromatic heterocycles. The first-order chi connectivity index (χ1) is 14.2. The Balaban J connectivity index is 1.61. The van der Waals surface area contributed by atoms with Gasteiger partial charge in [-0.2, -0.15) is 0 Å². The Bertz CT molecular complexity index is 1160. The van der Waals surface area contributed by atoms with Crippen molar-refractivity contribution in [3.63, 3.8) is 0 Å². The normalized spacial score (nSPS) is 16.2. The van der Waals surface area contributed by atoms with E-state index in [9.17, 15) is 0 Å². The van der Waals surface area contributed by atoms with Gasteiger partial charge in [-0.05, 0) is 19.1 Å².